The summed E-state index contributed by atoms with van der Waals surface area (Å²) < 4.78 is 30.9. The number of ether oxygens (including phenoxy) is 1. The number of sulfonamides is 1. The Morgan fingerprint density at radius 2 is 1.81 bits per heavy atom. The second-order valence-corrected chi connectivity index (χ2v) is 8.71. The van der Waals surface area contributed by atoms with Crippen LogP contribution in [0.4, 0.5) is 0 Å². The highest BCUT2D eigenvalue weighted by molar-refractivity contribution is 7.89. The number of primary sulfonamides is 1. The van der Waals surface area contributed by atoms with E-state index in [9.17, 15) is 13.2 Å². The number of aromatic nitrogens is 2. The van der Waals surface area contributed by atoms with Crippen LogP contribution in [0, 0.1) is 0 Å². The largest absolute Gasteiger partial charge is 0.479 e. The summed E-state index contributed by atoms with van der Waals surface area (Å²) in [6.07, 6.45) is 2.60. The zero-order chi connectivity index (χ0) is 22.6. The number of hydrogen-bond donors (Lipinski definition) is 2. The average molecular weight is 443 g/mol. The smallest absolute Gasteiger partial charge is 0.271 e. The van der Waals surface area contributed by atoms with Gasteiger partial charge in [0.1, 0.15) is 5.82 Å². The number of nitrogens with two attached hydrogens (primary N) is 2. The fourth-order valence-corrected chi connectivity index (χ4v) is 4.24. The van der Waals surface area contributed by atoms with Crippen LogP contribution in [0.3, 0.4) is 0 Å². The highest BCUT2D eigenvalue weighted by Crippen LogP contribution is 2.28. The van der Waals surface area contributed by atoms with Crippen molar-refractivity contribution in [3.05, 3.63) is 65.6 Å². The maximum Gasteiger partial charge on any atom is 0.271 e. The van der Waals surface area contributed by atoms with Gasteiger partial charge in [0.05, 0.1) is 12.0 Å². The summed E-state index contributed by atoms with van der Waals surface area (Å²) in [6.45, 7) is 2.46. The van der Waals surface area contributed by atoms with E-state index in [0.29, 0.717) is 18.5 Å². The van der Waals surface area contributed by atoms with Crippen LogP contribution in [0.15, 0.2) is 53.4 Å². The molecule has 1 amide bonds. The SMILES string of the molecule is CCCCc1nc(OC)c(C(N)=O)n1Cc1ccc(-c2ccccc2S(N)(=O)=O)cc1. The lowest BCUT2D eigenvalue weighted by Gasteiger charge is -2.12. The van der Waals surface area contributed by atoms with Crippen molar-refractivity contribution in [2.75, 3.05) is 7.11 Å². The predicted molar refractivity (Wildman–Crippen MR) is 118 cm³/mol. The van der Waals surface area contributed by atoms with Gasteiger partial charge in [-0.3, -0.25) is 4.79 Å². The lowest BCUT2D eigenvalue weighted by Crippen LogP contribution is -2.19. The maximum absolute atomic E-state index is 12.1. The minimum absolute atomic E-state index is 0.0694. The Morgan fingerprint density at radius 3 is 2.39 bits per heavy atom. The Kier molecular flexibility index (Phi) is 6.77. The van der Waals surface area contributed by atoms with E-state index in [1.165, 1.54) is 13.2 Å². The number of carbonyl (C=O) groups is 1. The van der Waals surface area contributed by atoms with Crippen molar-refractivity contribution >= 4 is 15.9 Å². The normalized spacial score (nSPS) is 11.5. The number of primary amides is 1. The maximum atomic E-state index is 12.1. The first-order valence-electron chi connectivity index (χ1n) is 9.90. The number of imidazole rings is 1. The molecule has 0 bridgehead atoms. The zero-order valence-corrected chi connectivity index (χ0v) is 18.4. The van der Waals surface area contributed by atoms with Gasteiger partial charge in [-0.15, -0.1) is 0 Å². The molecule has 0 aliphatic carbocycles. The molecular formula is C22H26N4O4S. The molecule has 0 radical (unpaired) electrons. The van der Waals surface area contributed by atoms with Crippen molar-refractivity contribution in [3.8, 4) is 17.0 Å². The number of rotatable bonds is 9. The van der Waals surface area contributed by atoms with Gasteiger partial charge < -0.3 is 15.0 Å². The first kappa shape index (κ1) is 22.5. The number of hydrogen-bond acceptors (Lipinski definition) is 5. The minimum atomic E-state index is -3.85. The number of unbranched alkanes of at least 4 members (excludes halogenated alkanes) is 1. The minimum Gasteiger partial charge on any atom is -0.479 e. The van der Waals surface area contributed by atoms with Crippen LogP contribution in [0.25, 0.3) is 11.1 Å². The summed E-state index contributed by atoms with van der Waals surface area (Å²) in [5, 5.41) is 5.35. The summed E-state index contributed by atoms with van der Waals surface area (Å²) in [4.78, 5) is 16.6. The summed E-state index contributed by atoms with van der Waals surface area (Å²) in [5.74, 6) is 0.347. The summed E-state index contributed by atoms with van der Waals surface area (Å²) in [5.41, 5.74) is 7.98. The Hall–Kier alpha value is -3.17. The van der Waals surface area contributed by atoms with Crippen molar-refractivity contribution in [1.29, 1.82) is 0 Å². The second-order valence-electron chi connectivity index (χ2n) is 7.18. The molecule has 0 spiro atoms. The van der Waals surface area contributed by atoms with E-state index in [2.05, 4.69) is 11.9 Å². The van der Waals surface area contributed by atoms with Crippen molar-refractivity contribution in [3.63, 3.8) is 0 Å². The number of carbonyl (C=O) groups excluding carboxylic acids is 1. The molecular weight excluding hydrogens is 416 g/mol. The van der Waals surface area contributed by atoms with Gasteiger partial charge >= 0.3 is 0 Å². The van der Waals surface area contributed by atoms with E-state index >= 15 is 0 Å². The molecule has 0 aliphatic heterocycles. The van der Waals surface area contributed by atoms with Gasteiger partial charge in [-0.1, -0.05) is 55.8 Å². The monoisotopic (exact) mass is 442 g/mol. The third-order valence-electron chi connectivity index (χ3n) is 4.99. The Balaban J connectivity index is 1.97. The van der Waals surface area contributed by atoms with E-state index in [0.717, 1.165) is 29.8 Å². The molecule has 1 aromatic heterocycles. The topological polar surface area (TPSA) is 130 Å². The van der Waals surface area contributed by atoms with Gasteiger partial charge in [-0.05, 0) is 23.6 Å². The molecule has 3 aromatic rings. The lowest BCUT2D eigenvalue weighted by atomic mass is 10.0. The second kappa shape index (κ2) is 9.32. The first-order valence-corrected chi connectivity index (χ1v) is 11.4. The summed E-state index contributed by atoms with van der Waals surface area (Å²) in [7, 11) is -2.39. The van der Waals surface area contributed by atoms with Crippen molar-refractivity contribution in [1.82, 2.24) is 9.55 Å². The Bertz CT molecular complexity index is 1180. The molecule has 9 heteroatoms. The van der Waals surface area contributed by atoms with E-state index in [1.807, 2.05) is 24.3 Å². The average Bonchev–Trinajstić information content (AvgIpc) is 3.09. The number of benzene rings is 2. The quantitative estimate of drug-likeness (QED) is 0.526. The fourth-order valence-electron chi connectivity index (χ4n) is 3.48. The van der Waals surface area contributed by atoms with Crippen molar-refractivity contribution < 1.29 is 17.9 Å². The molecule has 0 unspecified atom stereocenters. The molecule has 0 saturated heterocycles. The number of methoxy groups -OCH3 is 1. The number of nitrogens with zero attached hydrogens (tertiary/aromatic N) is 2. The number of aryl methyl sites for hydroxylation is 1. The van der Waals surface area contributed by atoms with Crippen molar-refractivity contribution in [2.45, 2.75) is 37.6 Å². The standard InChI is InChI=1S/C22H26N4O4S/c1-3-4-9-19-25-22(30-2)20(21(23)27)26(19)14-15-10-12-16(13-11-15)17-7-5-6-8-18(17)31(24,28)29/h5-8,10-13H,3-4,9,14H2,1-2H3,(H2,23,27)(H2,24,28,29). The Labute approximate surface area is 181 Å². The van der Waals surface area contributed by atoms with Crippen LogP contribution in [0.2, 0.25) is 0 Å². The molecule has 164 valence electrons. The molecule has 0 aliphatic rings. The fraction of sp³-hybridized carbons (Fsp3) is 0.273. The van der Waals surface area contributed by atoms with E-state index in [-0.39, 0.29) is 16.5 Å². The van der Waals surface area contributed by atoms with Crippen LogP contribution < -0.4 is 15.6 Å². The highest BCUT2D eigenvalue weighted by atomic mass is 32.2. The zero-order valence-electron chi connectivity index (χ0n) is 17.5. The lowest BCUT2D eigenvalue weighted by molar-refractivity contribution is 0.0988. The first-order chi connectivity index (χ1) is 14.8. The van der Waals surface area contributed by atoms with E-state index in [4.69, 9.17) is 15.6 Å². The van der Waals surface area contributed by atoms with Crippen LogP contribution in [0.5, 0.6) is 5.88 Å². The van der Waals surface area contributed by atoms with Crippen LogP contribution in [-0.4, -0.2) is 31.0 Å². The van der Waals surface area contributed by atoms with Gasteiger partial charge in [0.15, 0.2) is 5.69 Å². The van der Waals surface area contributed by atoms with Crippen LogP contribution in [0.1, 0.15) is 41.6 Å². The highest BCUT2D eigenvalue weighted by Gasteiger charge is 2.22. The third-order valence-corrected chi connectivity index (χ3v) is 5.96. The molecule has 0 fully saturated rings. The van der Waals surface area contributed by atoms with Gasteiger partial charge in [0.25, 0.3) is 5.91 Å². The molecule has 2 aromatic carbocycles. The van der Waals surface area contributed by atoms with Crippen molar-refractivity contribution in [2.24, 2.45) is 10.9 Å². The molecule has 4 N–H and O–H groups in total. The molecule has 3 rings (SSSR count). The van der Waals surface area contributed by atoms with Gasteiger partial charge in [0, 0.05) is 18.5 Å². The number of amides is 1. The summed E-state index contributed by atoms with van der Waals surface area (Å²) >= 11 is 0. The van der Waals surface area contributed by atoms with Crippen LogP contribution in [-0.2, 0) is 23.0 Å². The molecule has 0 atom stereocenters. The van der Waals surface area contributed by atoms with E-state index in [1.54, 1.807) is 22.8 Å². The predicted octanol–water partition coefficient (Wildman–Crippen LogP) is 2.70. The molecule has 31 heavy (non-hydrogen) atoms. The van der Waals surface area contributed by atoms with Gasteiger partial charge in [-0.2, -0.15) is 4.98 Å². The van der Waals surface area contributed by atoms with Crippen LogP contribution >= 0.6 is 0 Å². The van der Waals surface area contributed by atoms with E-state index < -0.39 is 15.9 Å². The molecule has 1 heterocycles. The third kappa shape index (κ3) is 4.95. The Morgan fingerprint density at radius 1 is 1.13 bits per heavy atom. The van der Waals surface area contributed by atoms with Gasteiger partial charge in [-0.25, -0.2) is 13.6 Å². The summed E-state index contributed by atoms with van der Waals surface area (Å²) in [6, 6.07) is 14.0. The molecule has 0 saturated carbocycles. The van der Waals surface area contributed by atoms with Gasteiger partial charge in [0.2, 0.25) is 15.9 Å². The molecule has 8 nitrogen and oxygen atoms in total.